The van der Waals surface area contributed by atoms with E-state index in [1.807, 2.05) is 65.6 Å². The molecule has 0 aromatic heterocycles. The minimum Gasteiger partial charge on any atom is -0.298 e. The van der Waals surface area contributed by atoms with Gasteiger partial charge in [-0.15, -0.1) is 0 Å². The van der Waals surface area contributed by atoms with Gasteiger partial charge in [-0.2, -0.15) is 13.2 Å². The first kappa shape index (κ1) is 24.3. The van der Waals surface area contributed by atoms with Crippen molar-refractivity contribution in [2.45, 2.75) is 25.1 Å². The number of benzene rings is 3. The Balaban J connectivity index is 1.91. The molecule has 0 N–H and O–H groups in total. The summed E-state index contributed by atoms with van der Waals surface area (Å²) in [5, 5.41) is 10.2. The number of hydrogen-bond acceptors (Lipinski definition) is 2. The van der Waals surface area contributed by atoms with Crippen LogP contribution in [0, 0.1) is 0 Å². The average Bonchev–Trinajstić information content (AvgIpc) is 2.79. The highest BCUT2D eigenvalue weighted by molar-refractivity contribution is 6.32. The molecule has 0 amide bonds. The predicted octanol–water partition coefficient (Wildman–Crippen LogP) is 6.75. The molecule has 0 aliphatic heterocycles. The fraction of sp³-hybridized carbons (Fsp3) is 0.280. The van der Waals surface area contributed by atoms with Gasteiger partial charge in [0.15, 0.2) is 0 Å². The molecule has 3 aromatic carbocycles. The Kier molecular flexibility index (Phi) is 8.70. The first-order chi connectivity index (χ1) is 15.4. The molecule has 0 bridgehead atoms. The zero-order chi connectivity index (χ0) is 23.0. The minimum atomic E-state index is -4.52. The smallest absolute Gasteiger partial charge is 0.298 e. The van der Waals surface area contributed by atoms with Crippen molar-refractivity contribution in [1.29, 1.82) is 0 Å². The molecule has 0 aliphatic carbocycles. The van der Waals surface area contributed by atoms with Gasteiger partial charge in [0.05, 0.1) is 17.2 Å². The number of hydrogen-bond donors (Lipinski definition) is 0. The van der Waals surface area contributed by atoms with Crippen LogP contribution in [-0.2, 0) is 22.9 Å². The maximum absolute atomic E-state index is 13.3. The molecule has 0 heterocycles. The fourth-order valence-electron chi connectivity index (χ4n) is 3.78. The quantitative estimate of drug-likeness (QED) is 0.190. The summed E-state index contributed by atoms with van der Waals surface area (Å²) in [6.07, 6.45) is -4.07. The molecule has 32 heavy (non-hydrogen) atoms. The average molecular weight is 463 g/mol. The van der Waals surface area contributed by atoms with Crippen molar-refractivity contribution in [1.82, 2.24) is 4.90 Å². The van der Waals surface area contributed by atoms with Gasteiger partial charge in [-0.3, -0.25) is 4.90 Å². The van der Waals surface area contributed by atoms with Gasteiger partial charge >= 0.3 is 6.18 Å². The molecule has 0 saturated heterocycles. The van der Waals surface area contributed by atoms with E-state index in [4.69, 9.17) is 11.6 Å². The van der Waals surface area contributed by atoms with Crippen molar-refractivity contribution in [3.63, 3.8) is 0 Å². The van der Waals surface area contributed by atoms with E-state index in [0.717, 1.165) is 17.2 Å². The minimum absolute atomic E-state index is 0.00450. The second-order valence-electron chi connectivity index (χ2n) is 7.56. The van der Waals surface area contributed by atoms with Gasteiger partial charge < -0.3 is 0 Å². The molecule has 0 fully saturated rings. The molecule has 3 nitrogen and oxygen atoms in total. The molecule has 7 heteroatoms. The van der Waals surface area contributed by atoms with Gasteiger partial charge in [-0.1, -0.05) is 84.4 Å². The Morgan fingerprint density at radius 1 is 0.875 bits per heavy atom. The Morgan fingerprint density at radius 2 is 1.47 bits per heavy atom. The van der Waals surface area contributed by atoms with Crippen LogP contribution in [0.4, 0.5) is 13.2 Å². The first-order valence-electron chi connectivity index (χ1n) is 10.3. The molecule has 3 rings (SSSR count). The molecule has 3 aromatic rings. The topological polar surface area (TPSA) is 32.4 Å². The molecule has 0 saturated carbocycles. The molecular weight excluding hydrogens is 439 g/mol. The monoisotopic (exact) mass is 462 g/mol. The van der Waals surface area contributed by atoms with Crippen LogP contribution in [0.25, 0.3) is 0 Å². The van der Waals surface area contributed by atoms with Gasteiger partial charge in [-0.25, -0.2) is 4.89 Å². The lowest BCUT2D eigenvalue weighted by Crippen LogP contribution is -2.31. The van der Waals surface area contributed by atoms with Crippen LogP contribution < -0.4 is 0 Å². The molecule has 169 valence electrons. The normalized spacial score (nSPS) is 12.0. The summed E-state index contributed by atoms with van der Waals surface area (Å²) in [6.45, 7) is 1.26. The highest BCUT2D eigenvalue weighted by atomic mass is 35.5. The molecule has 0 unspecified atom stereocenters. The third-order valence-corrected chi connectivity index (χ3v) is 5.77. The van der Waals surface area contributed by atoms with Crippen LogP contribution in [0.5, 0.6) is 0 Å². The highest BCUT2D eigenvalue weighted by Crippen LogP contribution is 2.37. The largest absolute Gasteiger partial charge is 0.417 e. The molecule has 0 atom stereocenters. The van der Waals surface area contributed by atoms with Crippen LogP contribution in [0.2, 0.25) is 5.02 Å². The summed E-state index contributed by atoms with van der Waals surface area (Å²) in [5.41, 5.74) is 1.74. The van der Waals surface area contributed by atoms with E-state index in [1.54, 1.807) is 6.07 Å². The summed E-state index contributed by atoms with van der Waals surface area (Å²) in [6, 6.07) is 23.8. The number of halogens is 4. The predicted molar refractivity (Wildman–Crippen MR) is 118 cm³/mol. The standard InChI is InChI=1S/C25H24ClF3NO2/c26-24-21(13-7-14-23(24)25(27,28)29)17-30(15-8-16-32-31)18-22(19-9-3-1-4-10-19)20-11-5-2-6-12-20/h1-7,9-14,22H,8,15-18H2. The van der Waals surface area contributed by atoms with Crippen molar-refractivity contribution in [3.05, 3.63) is 106 Å². The zero-order valence-corrected chi connectivity index (χ0v) is 18.1. The molecular formula is C25H24ClF3NO2. The second-order valence-corrected chi connectivity index (χ2v) is 7.94. The maximum atomic E-state index is 13.3. The van der Waals surface area contributed by atoms with E-state index >= 15 is 0 Å². The van der Waals surface area contributed by atoms with E-state index in [2.05, 4.69) is 4.89 Å². The third-order valence-electron chi connectivity index (χ3n) is 5.32. The molecule has 0 spiro atoms. The second kappa shape index (κ2) is 11.5. The van der Waals surface area contributed by atoms with E-state index in [1.165, 1.54) is 6.07 Å². The van der Waals surface area contributed by atoms with Gasteiger partial charge in [0, 0.05) is 25.6 Å². The van der Waals surface area contributed by atoms with Crippen molar-refractivity contribution < 1.29 is 23.3 Å². The summed E-state index contributed by atoms with van der Waals surface area (Å²) in [5.74, 6) is -0.00450. The zero-order valence-electron chi connectivity index (χ0n) is 17.4. The SMILES string of the molecule is [O]OCCCN(Cc1cccc(C(F)(F)F)c1Cl)CC(c1ccccc1)c1ccccc1. The number of nitrogens with zero attached hydrogens (tertiary/aromatic N) is 1. The van der Waals surface area contributed by atoms with E-state index in [0.29, 0.717) is 25.1 Å². The van der Waals surface area contributed by atoms with Crippen molar-refractivity contribution in [3.8, 4) is 0 Å². The van der Waals surface area contributed by atoms with Gasteiger partial charge in [0.25, 0.3) is 0 Å². The Morgan fingerprint density at radius 3 is 2.00 bits per heavy atom. The summed E-state index contributed by atoms with van der Waals surface area (Å²) in [4.78, 5) is 5.97. The number of alkyl halides is 3. The maximum Gasteiger partial charge on any atom is 0.417 e. The third kappa shape index (κ3) is 6.56. The number of rotatable bonds is 10. The lowest BCUT2D eigenvalue weighted by Gasteiger charge is -2.29. The van der Waals surface area contributed by atoms with Crippen LogP contribution >= 0.6 is 11.6 Å². The fourth-order valence-corrected chi connectivity index (χ4v) is 4.07. The van der Waals surface area contributed by atoms with E-state index < -0.39 is 11.7 Å². The summed E-state index contributed by atoms with van der Waals surface area (Å²) >= 11 is 6.15. The molecule has 0 aliphatic rings. The van der Waals surface area contributed by atoms with Crippen molar-refractivity contribution in [2.24, 2.45) is 0 Å². The Bertz CT molecular complexity index is 928. The molecule has 1 radical (unpaired) electrons. The van der Waals surface area contributed by atoms with Crippen LogP contribution in [0.3, 0.4) is 0 Å². The summed E-state index contributed by atoms with van der Waals surface area (Å²) in [7, 11) is 0. The van der Waals surface area contributed by atoms with Crippen molar-refractivity contribution >= 4 is 11.6 Å². The Hall–Kier alpha value is -2.38. The Labute approximate surface area is 190 Å². The van der Waals surface area contributed by atoms with E-state index in [9.17, 15) is 18.4 Å². The van der Waals surface area contributed by atoms with Crippen molar-refractivity contribution in [2.75, 3.05) is 19.7 Å². The van der Waals surface area contributed by atoms with Gasteiger partial charge in [0.2, 0.25) is 0 Å². The van der Waals surface area contributed by atoms with E-state index in [-0.39, 0.29) is 24.1 Å². The lowest BCUT2D eigenvalue weighted by molar-refractivity contribution is -0.304. The van der Waals surface area contributed by atoms with Crippen LogP contribution in [0.1, 0.15) is 34.6 Å². The van der Waals surface area contributed by atoms with Gasteiger partial charge in [0.1, 0.15) is 0 Å². The van der Waals surface area contributed by atoms with Crippen LogP contribution in [-0.4, -0.2) is 24.6 Å². The lowest BCUT2D eigenvalue weighted by atomic mass is 9.90. The highest BCUT2D eigenvalue weighted by Gasteiger charge is 2.34. The summed E-state index contributed by atoms with van der Waals surface area (Å²) < 4.78 is 40.0. The van der Waals surface area contributed by atoms with Crippen LogP contribution in [0.15, 0.2) is 78.9 Å². The van der Waals surface area contributed by atoms with Gasteiger partial charge in [-0.05, 0) is 34.4 Å². The first-order valence-corrected chi connectivity index (χ1v) is 10.7.